The molecule has 2 unspecified atom stereocenters. The van der Waals surface area contributed by atoms with Gasteiger partial charge in [-0.05, 0) is 11.8 Å². The van der Waals surface area contributed by atoms with Gasteiger partial charge in [0.1, 0.15) is 12.7 Å². The molecular weight excluding hydrogens is 260 g/mol. The minimum Gasteiger partial charge on any atom is -0.465 e. The molecule has 20 heavy (non-hydrogen) atoms. The lowest BCUT2D eigenvalue weighted by atomic mass is 9.80. The van der Waals surface area contributed by atoms with Crippen molar-refractivity contribution >= 4 is 12.1 Å². The van der Waals surface area contributed by atoms with Gasteiger partial charge < -0.3 is 14.2 Å². The standard InChI is InChI=1S/C8H14O2.C7H12O3/c1-8(2,3)6-4-5-10-7(6)9;1-7(2,3)5-4-9-6(8)10-5/h6H,4-5H2,1-3H3;5H,4H2,1-3H3. The van der Waals surface area contributed by atoms with E-state index in [2.05, 4.69) is 25.5 Å². The monoisotopic (exact) mass is 286 g/mol. The van der Waals surface area contributed by atoms with Crippen molar-refractivity contribution in [3.63, 3.8) is 0 Å². The summed E-state index contributed by atoms with van der Waals surface area (Å²) >= 11 is 0. The minimum atomic E-state index is -0.542. The Bertz CT molecular complexity index is 361. The molecule has 0 bridgehead atoms. The van der Waals surface area contributed by atoms with E-state index in [1.807, 2.05) is 20.8 Å². The molecule has 5 nitrogen and oxygen atoms in total. The normalized spacial score (nSPS) is 26.3. The van der Waals surface area contributed by atoms with E-state index in [-0.39, 0.29) is 28.8 Å². The molecule has 0 spiro atoms. The first-order chi connectivity index (χ1) is 9.01. The van der Waals surface area contributed by atoms with Crippen molar-refractivity contribution < 1.29 is 23.8 Å². The van der Waals surface area contributed by atoms with E-state index in [1.54, 1.807) is 0 Å². The Morgan fingerprint density at radius 3 is 1.75 bits per heavy atom. The van der Waals surface area contributed by atoms with Crippen molar-refractivity contribution in [3.8, 4) is 0 Å². The Morgan fingerprint density at radius 2 is 1.55 bits per heavy atom. The van der Waals surface area contributed by atoms with Crippen LogP contribution in [0.5, 0.6) is 0 Å². The summed E-state index contributed by atoms with van der Waals surface area (Å²) in [6.45, 7) is 13.3. The predicted molar refractivity (Wildman–Crippen MR) is 74.2 cm³/mol. The van der Waals surface area contributed by atoms with Gasteiger partial charge in [-0.1, -0.05) is 41.5 Å². The largest absolute Gasteiger partial charge is 0.508 e. The molecule has 2 saturated heterocycles. The van der Waals surface area contributed by atoms with Crippen molar-refractivity contribution in [2.24, 2.45) is 16.7 Å². The summed E-state index contributed by atoms with van der Waals surface area (Å²) < 4.78 is 14.3. The number of rotatable bonds is 0. The Kier molecular flexibility index (Phi) is 5.05. The van der Waals surface area contributed by atoms with Gasteiger partial charge in [-0.3, -0.25) is 4.79 Å². The molecule has 2 aliphatic rings. The highest BCUT2D eigenvalue weighted by atomic mass is 16.8. The molecule has 0 aromatic carbocycles. The molecule has 0 aromatic rings. The lowest BCUT2D eigenvalue weighted by molar-refractivity contribution is -0.143. The van der Waals surface area contributed by atoms with Crippen LogP contribution in [0.25, 0.3) is 0 Å². The van der Waals surface area contributed by atoms with Crippen LogP contribution in [0.15, 0.2) is 0 Å². The maximum Gasteiger partial charge on any atom is 0.508 e. The fourth-order valence-corrected chi connectivity index (χ4v) is 2.04. The molecule has 5 heteroatoms. The van der Waals surface area contributed by atoms with Crippen LogP contribution in [0.2, 0.25) is 0 Å². The summed E-state index contributed by atoms with van der Waals surface area (Å²) in [5, 5.41) is 0. The van der Waals surface area contributed by atoms with Crippen molar-refractivity contribution in [1.82, 2.24) is 0 Å². The van der Waals surface area contributed by atoms with Crippen LogP contribution in [-0.2, 0) is 19.0 Å². The van der Waals surface area contributed by atoms with Crippen LogP contribution in [-0.4, -0.2) is 31.4 Å². The second kappa shape index (κ2) is 6.02. The quantitative estimate of drug-likeness (QED) is 0.640. The van der Waals surface area contributed by atoms with Crippen LogP contribution in [0, 0.1) is 16.7 Å². The van der Waals surface area contributed by atoms with Crippen LogP contribution < -0.4 is 0 Å². The first-order valence-electron chi connectivity index (χ1n) is 7.02. The summed E-state index contributed by atoms with van der Waals surface area (Å²) in [6.07, 6.45) is 0.266. The van der Waals surface area contributed by atoms with E-state index >= 15 is 0 Å². The van der Waals surface area contributed by atoms with Crippen LogP contribution in [0.3, 0.4) is 0 Å². The van der Waals surface area contributed by atoms with E-state index in [4.69, 9.17) is 9.47 Å². The molecular formula is C15H26O5. The average Bonchev–Trinajstić information content (AvgIpc) is 2.85. The number of ether oxygens (including phenoxy) is 3. The van der Waals surface area contributed by atoms with Crippen LogP contribution in [0.4, 0.5) is 4.79 Å². The van der Waals surface area contributed by atoms with Crippen LogP contribution in [0.1, 0.15) is 48.0 Å². The second-order valence-electron chi connectivity index (χ2n) is 7.41. The average molecular weight is 286 g/mol. The number of hydrogen-bond acceptors (Lipinski definition) is 5. The van der Waals surface area contributed by atoms with Gasteiger partial charge in [0.15, 0.2) is 0 Å². The maximum absolute atomic E-state index is 11.0. The highest BCUT2D eigenvalue weighted by Gasteiger charge is 2.36. The summed E-state index contributed by atoms with van der Waals surface area (Å²) in [6, 6.07) is 0. The number of hydrogen-bond donors (Lipinski definition) is 0. The van der Waals surface area contributed by atoms with Gasteiger partial charge in [0.05, 0.1) is 12.5 Å². The Labute approximate surface area is 121 Å². The van der Waals surface area contributed by atoms with Gasteiger partial charge in [0.25, 0.3) is 0 Å². The molecule has 0 radical (unpaired) electrons. The molecule has 116 valence electrons. The second-order valence-corrected chi connectivity index (χ2v) is 7.41. The number of esters is 1. The topological polar surface area (TPSA) is 61.8 Å². The van der Waals surface area contributed by atoms with Crippen molar-refractivity contribution in [2.75, 3.05) is 13.2 Å². The van der Waals surface area contributed by atoms with Crippen molar-refractivity contribution in [2.45, 2.75) is 54.1 Å². The molecule has 0 aliphatic carbocycles. The molecule has 2 rings (SSSR count). The summed E-state index contributed by atoms with van der Waals surface area (Å²) in [4.78, 5) is 21.5. The van der Waals surface area contributed by atoms with E-state index in [9.17, 15) is 9.59 Å². The van der Waals surface area contributed by atoms with E-state index in [0.29, 0.717) is 13.2 Å². The first-order valence-corrected chi connectivity index (χ1v) is 7.02. The Morgan fingerprint density at radius 1 is 0.950 bits per heavy atom. The Hall–Kier alpha value is -1.26. The molecule has 0 aromatic heterocycles. The molecule has 2 heterocycles. The van der Waals surface area contributed by atoms with Crippen molar-refractivity contribution in [3.05, 3.63) is 0 Å². The van der Waals surface area contributed by atoms with Gasteiger partial charge in [-0.25, -0.2) is 4.79 Å². The maximum atomic E-state index is 11.0. The minimum absolute atomic E-state index is 0.00778. The number of carbonyl (C=O) groups excluding carboxylic acids is 2. The third-order valence-corrected chi connectivity index (χ3v) is 3.54. The molecule has 0 amide bonds. The van der Waals surface area contributed by atoms with Crippen LogP contribution >= 0.6 is 0 Å². The number of cyclic esters (lactones) is 3. The fraction of sp³-hybridized carbons (Fsp3) is 0.867. The van der Waals surface area contributed by atoms with Gasteiger partial charge >= 0.3 is 12.1 Å². The molecule has 0 saturated carbocycles. The lowest BCUT2D eigenvalue weighted by Gasteiger charge is -2.22. The summed E-state index contributed by atoms with van der Waals surface area (Å²) in [7, 11) is 0. The third kappa shape index (κ3) is 4.69. The van der Waals surface area contributed by atoms with Crippen molar-refractivity contribution in [1.29, 1.82) is 0 Å². The fourth-order valence-electron chi connectivity index (χ4n) is 2.04. The zero-order valence-corrected chi connectivity index (χ0v) is 13.3. The van der Waals surface area contributed by atoms with Gasteiger partial charge in [-0.15, -0.1) is 0 Å². The molecule has 0 N–H and O–H groups in total. The van der Waals surface area contributed by atoms with E-state index < -0.39 is 6.16 Å². The number of carbonyl (C=O) groups is 2. The van der Waals surface area contributed by atoms with Gasteiger partial charge in [-0.2, -0.15) is 0 Å². The highest BCUT2D eigenvalue weighted by Crippen LogP contribution is 2.33. The zero-order valence-electron chi connectivity index (χ0n) is 13.3. The molecule has 2 fully saturated rings. The first kappa shape index (κ1) is 16.8. The predicted octanol–water partition coefficient (Wildman–Crippen LogP) is 3.16. The van der Waals surface area contributed by atoms with Gasteiger partial charge in [0, 0.05) is 5.41 Å². The van der Waals surface area contributed by atoms with Gasteiger partial charge in [0.2, 0.25) is 0 Å². The Balaban J connectivity index is 0.000000200. The third-order valence-electron chi connectivity index (χ3n) is 3.54. The SMILES string of the molecule is CC(C)(C)C1CCOC1=O.CC(C)(C)C1COC(=O)O1. The summed E-state index contributed by atoms with van der Waals surface area (Å²) in [5.74, 6) is 0.0972. The zero-order chi connectivity index (χ0) is 15.6. The smallest absolute Gasteiger partial charge is 0.465 e. The van der Waals surface area contributed by atoms with E-state index in [0.717, 1.165) is 6.42 Å². The molecule has 2 atom stereocenters. The summed E-state index contributed by atoms with van der Waals surface area (Å²) in [5.41, 5.74) is 0.0692. The highest BCUT2D eigenvalue weighted by molar-refractivity contribution is 5.74. The lowest BCUT2D eigenvalue weighted by Crippen LogP contribution is -2.28. The van der Waals surface area contributed by atoms with E-state index in [1.165, 1.54) is 0 Å². The molecule has 2 aliphatic heterocycles.